The molecule has 0 amide bonds. The summed E-state index contributed by atoms with van der Waals surface area (Å²) in [4.78, 5) is 11.4. The molecule has 0 fully saturated rings. The van der Waals surface area contributed by atoms with Crippen LogP contribution in [-0.2, 0) is 4.74 Å². The van der Waals surface area contributed by atoms with E-state index in [1.807, 2.05) is 0 Å². The van der Waals surface area contributed by atoms with Gasteiger partial charge in [-0.25, -0.2) is 9.18 Å². The average molecular weight is 249 g/mol. The molecule has 5 heteroatoms. The molecule has 0 aliphatic heterocycles. The Morgan fingerprint density at radius 2 is 2.22 bits per heavy atom. The zero-order valence-electron chi connectivity index (χ0n) is 10.1. The van der Waals surface area contributed by atoms with Crippen LogP contribution < -0.4 is 0 Å². The van der Waals surface area contributed by atoms with E-state index in [4.69, 9.17) is 9.26 Å². The Morgan fingerprint density at radius 3 is 2.89 bits per heavy atom. The van der Waals surface area contributed by atoms with Crippen LogP contribution in [0, 0.1) is 12.7 Å². The summed E-state index contributed by atoms with van der Waals surface area (Å²) < 4.78 is 22.8. The van der Waals surface area contributed by atoms with Crippen LogP contribution >= 0.6 is 0 Å². The number of nitrogens with zero attached hydrogens (tertiary/aromatic N) is 1. The van der Waals surface area contributed by atoms with Crippen LogP contribution in [0.15, 0.2) is 28.8 Å². The van der Waals surface area contributed by atoms with Gasteiger partial charge in [0.25, 0.3) is 0 Å². The monoisotopic (exact) mass is 249 g/mol. The third-order valence-electron chi connectivity index (χ3n) is 2.45. The van der Waals surface area contributed by atoms with Crippen molar-refractivity contribution in [3.05, 3.63) is 41.3 Å². The average Bonchev–Trinajstić information content (AvgIpc) is 2.78. The highest BCUT2D eigenvalue weighted by Gasteiger charge is 2.15. The van der Waals surface area contributed by atoms with E-state index in [0.717, 1.165) is 0 Å². The highest BCUT2D eigenvalue weighted by Crippen LogP contribution is 2.24. The van der Waals surface area contributed by atoms with E-state index in [-0.39, 0.29) is 18.1 Å². The van der Waals surface area contributed by atoms with E-state index >= 15 is 0 Å². The van der Waals surface area contributed by atoms with Gasteiger partial charge in [-0.2, -0.15) is 0 Å². The number of ether oxygens (including phenoxy) is 1. The molecule has 0 saturated carbocycles. The van der Waals surface area contributed by atoms with Crippen LogP contribution in [0.25, 0.3) is 11.3 Å². The van der Waals surface area contributed by atoms with Gasteiger partial charge in [0.05, 0.1) is 6.61 Å². The molecule has 0 radical (unpaired) electrons. The van der Waals surface area contributed by atoms with Crippen LogP contribution in [-0.4, -0.2) is 17.7 Å². The highest BCUT2D eigenvalue weighted by molar-refractivity contribution is 5.88. The summed E-state index contributed by atoms with van der Waals surface area (Å²) in [6, 6.07) is 5.79. The van der Waals surface area contributed by atoms with Crippen LogP contribution in [0.5, 0.6) is 0 Å². The zero-order valence-corrected chi connectivity index (χ0v) is 10.1. The first-order chi connectivity index (χ1) is 8.61. The predicted molar refractivity (Wildman–Crippen MR) is 62.6 cm³/mol. The molecule has 94 valence electrons. The van der Waals surface area contributed by atoms with Gasteiger partial charge in [0.15, 0.2) is 11.5 Å². The Balaban J connectivity index is 2.32. The number of aryl methyl sites for hydroxylation is 1. The maximum atomic E-state index is 13.0. The second-order valence-electron chi connectivity index (χ2n) is 3.76. The Kier molecular flexibility index (Phi) is 3.41. The molecule has 0 unspecified atom stereocenters. The van der Waals surface area contributed by atoms with Crippen molar-refractivity contribution in [1.29, 1.82) is 0 Å². The summed E-state index contributed by atoms with van der Waals surface area (Å²) >= 11 is 0. The number of esters is 1. The van der Waals surface area contributed by atoms with Crippen LogP contribution in [0.3, 0.4) is 0 Å². The molecule has 4 nitrogen and oxygen atoms in total. The van der Waals surface area contributed by atoms with Crippen molar-refractivity contribution in [3.8, 4) is 11.3 Å². The molecular formula is C13H12FNO3. The van der Waals surface area contributed by atoms with Gasteiger partial charge in [-0.05, 0) is 37.6 Å². The fraction of sp³-hybridized carbons (Fsp3) is 0.231. The quantitative estimate of drug-likeness (QED) is 0.785. The molecule has 2 aromatic rings. The lowest BCUT2D eigenvalue weighted by molar-refractivity contribution is 0.0514. The van der Waals surface area contributed by atoms with Gasteiger partial charge in [-0.15, -0.1) is 0 Å². The van der Waals surface area contributed by atoms with Gasteiger partial charge in [0, 0.05) is 11.6 Å². The van der Waals surface area contributed by atoms with Gasteiger partial charge in [-0.3, -0.25) is 0 Å². The van der Waals surface area contributed by atoms with Gasteiger partial charge in [-0.1, -0.05) is 5.16 Å². The Morgan fingerprint density at radius 1 is 1.44 bits per heavy atom. The first-order valence-corrected chi connectivity index (χ1v) is 5.52. The molecule has 0 spiro atoms. The molecule has 0 saturated heterocycles. The SMILES string of the molecule is CCOC(=O)c1cc(-c2ccc(F)cc2C)on1. The predicted octanol–water partition coefficient (Wildman–Crippen LogP) is 2.97. The molecule has 1 aromatic carbocycles. The van der Waals surface area contributed by atoms with E-state index in [0.29, 0.717) is 16.9 Å². The second kappa shape index (κ2) is 5.00. The number of aromatic nitrogens is 1. The number of carbonyl (C=O) groups excluding carboxylic acids is 1. The molecule has 0 N–H and O–H groups in total. The number of hydrogen-bond acceptors (Lipinski definition) is 4. The third-order valence-corrected chi connectivity index (χ3v) is 2.45. The minimum atomic E-state index is -0.535. The Labute approximate surface area is 103 Å². The third kappa shape index (κ3) is 2.40. The van der Waals surface area contributed by atoms with Gasteiger partial charge >= 0.3 is 5.97 Å². The highest BCUT2D eigenvalue weighted by atomic mass is 19.1. The number of hydrogen-bond donors (Lipinski definition) is 0. The van der Waals surface area contributed by atoms with Crippen molar-refractivity contribution >= 4 is 5.97 Å². The normalized spacial score (nSPS) is 10.4. The lowest BCUT2D eigenvalue weighted by Gasteiger charge is -2.00. The minimum Gasteiger partial charge on any atom is -0.461 e. The smallest absolute Gasteiger partial charge is 0.360 e. The van der Waals surface area contributed by atoms with Gasteiger partial charge < -0.3 is 9.26 Å². The molecule has 1 aromatic heterocycles. The second-order valence-corrected chi connectivity index (χ2v) is 3.76. The lowest BCUT2D eigenvalue weighted by Crippen LogP contribution is -2.04. The van der Waals surface area contributed by atoms with Crippen LogP contribution in [0.1, 0.15) is 23.0 Å². The van der Waals surface area contributed by atoms with Gasteiger partial charge in [0.2, 0.25) is 0 Å². The fourth-order valence-corrected chi connectivity index (χ4v) is 1.61. The molecule has 18 heavy (non-hydrogen) atoms. The van der Waals surface area contributed by atoms with E-state index in [1.54, 1.807) is 19.9 Å². The summed E-state index contributed by atoms with van der Waals surface area (Å²) in [5.41, 5.74) is 1.51. The summed E-state index contributed by atoms with van der Waals surface area (Å²) in [7, 11) is 0. The Bertz CT molecular complexity index is 577. The number of rotatable bonds is 3. The maximum absolute atomic E-state index is 13.0. The molecule has 0 atom stereocenters. The van der Waals surface area contributed by atoms with E-state index in [2.05, 4.69) is 5.16 Å². The standard InChI is InChI=1S/C13H12FNO3/c1-3-17-13(16)11-7-12(18-15-11)10-5-4-9(14)6-8(10)2/h4-7H,3H2,1-2H3. The number of benzene rings is 1. The van der Waals surface area contributed by atoms with E-state index in [9.17, 15) is 9.18 Å². The molecule has 2 rings (SSSR count). The van der Waals surface area contributed by atoms with Crippen molar-refractivity contribution in [2.45, 2.75) is 13.8 Å². The molecule has 0 aliphatic rings. The summed E-state index contributed by atoms with van der Waals surface area (Å²) in [5, 5.41) is 3.63. The number of halogens is 1. The van der Waals surface area contributed by atoms with Crippen molar-refractivity contribution in [1.82, 2.24) is 5.16 Å². The first kappa shape index (κ1) is 12.3. The lowest BCUT2D eigenvalue weighted by atomic mass is 10.1. The summed E-state index contributed by atoms with van der Waals surface area (Å²) in [5.74, 6) is -0.441. The molecule has 0 aliphatic carbocycles. The summed E-state index contributed by atoms with van der Waals surface area (Å²) in [6.45, 7) is 3.74. The molecule has 0 bridgehead atoms. The number of carbonyl (C=O) groups is 1. The topological polar surface area (TPSA) is 52.3 Å². The van der Waals surface area contributed by atoms with Crippen LogP contribution in [0.2, 0.25) is 0 Å². The molecule has 1 heterocycles. The van der Waals surface area contributed by atoms with E-state index < -0.39 is 5.97 Å². The van der Waals surface area contributed by atoms with Crippen LogP contribution in [0.4, 0.5) is 4.39 Å². The van der Waals surface area contributed by atoms with Crippen molar-refractivity contribution in [3.63, 3.8) is 0 Å². The minimum absolute atomic E-state index is 0.107. The fourth-order valence-electron chi connectivity index (χ4n) is 1.61. The van der Waals surface area contributed by atoms with Crippen molar-refractivity contribution < 1.29 is 18.4 Å². The first-order valence-electron chi connectivity index (χ1n) is 5.52. The largest absolute Gasteiger partial charge is 0.461 e. The zero-order chi connectivity index (χ0) is 13.1. The molecular weight excluding hydrogens is 237 g/mol. The van der Waals surface area contributed by atoms with E-state index in [1.165, 1.54) is 18.2 Å². The van der Waals surface area contributed by atoms with Crippen molar-refractivity contribution in [2.75, 3.05) is 6.61 Å². The van der Waals surface area contributed by atoms with Crippen molar-refractivity contribution in [2.24, 2.45) is 0 Å². The Hall–Kier alpha value is -2.17. The summed E-state index contributed by atoms with van der Waals surface area (Å²) in [6.07, 6.45) is 0. The van der Waals surface area contributed by atoms with Gasteiger partial charge in [0.1, 0.15) is 5.82 Å². The maximum Gasteiger partial charge on any atom is 0.360 e.